The zero-order valence-electron chi connectivity index (χ0n) is 9.86. The van der Waals surface area contributed by atoms with Crippen LogP contribution >= 0.6 is 0 Å². The first-order valence-electron chi connectivity index (χ1n) is 5.30. The Labute approximate surface area is 96.6 Å². The highest BCUT2D eigenvalue weighted by Crippen LogP contribution is 2.02. The molecule has 0 aliphatic heterocycles. The number of carbonyl (C=O) groups is 1. The summed E-state index contributed by atoms with van der Waals surface area (Å²) in [6.45, 7) is 5.55. The predicted molar refractivity (Wildman–Crippen MR) is 61.2 cm³/mol. The molecule has 0 aromatic rings. The summed E-state index contributed by atoms with van der Waals surface area (Å²) in [6.07, 6.45) is 1.59. The van der Waals surface area contributed by atoms with Crippen molar-refractivity contribution < 1.29 is 18.3 Å². The molecule has 3 N–H and O–H groups in total. The maximum absolute atomic E-state index is 11.4. The van der Waals surface area contributed by atoms with Crippen molar-refractivity contribution in [1.29, 1.82) is 0 Å². The summed E-state index contributed by atoms with van der Waals surface area (Å²) < 4.78 is 27.3. The Bertz CT molecular complexity index is 313. The van der Waals surface area contributed by atoms with Crippen molar-refractivity contribution in [2.45, 2.75) is 39.7 Å². The summed E-state index contributed by atoms with van der Waals surface area (Å²) in [7, 11) is -3.72. The second-order valence-electron chi connectivity index (χ2n) is 3.93. The zero-order chi connectivity index (χ0) is 12.8. The van der Waals surface area contributed by atoms with Crippen molar-refractivity contribution in [3.8, 4) is 0 Å². The fourth-order valence-corrected chi connectivity index (χ4v) is 2.27. The minimum Gasteiger partial charge on any atom is -0.480 e. The molecule has 0 aliphatic rings. The largest absolute Gasteiger partial charge is 0.480 e. The molecule has 0 amide bonds. The zero-order valence-corrected chi connectivity index (χ0v) is 10.7. The van der Waals surface area contributed by atoms with Crippen molar-refractivity contribution in [2.75, 3.05) is 6.54 Å². The molecule has 0 radical (unpaired) electrons. The highest BCUT2D eigenvalue weighted by Gasteiger charge is 2.26. The van der Waals surface area contributed by atoms with E-state index in [2.05, 4.69) is 9.44 Å². The average molecular weight is 252 g/mol. The first-order valence-corrected chi connectivity index (χ1v) is 6.78. The lowest BCUT2D eigenvalue weighted by molar-refractivity contribution is -0.140. The molecule has 0 aliphatic carbocycles. The summed E-state index contributed by atoms with van der Waals surface area (Å²) in [5.41, 5.74) is 0. The topological polar surface area (TPSA) is 95.5 Å². The molecule has 0 spiro atoms. The molecule has 0 aromatic carbocycles. The smallest absolute Gasteiger partial charge is 0.322 e. The van der Waals surface area contributed by atoms with Crippen molar-refractivity contribution in [3.63, 3.8) is 0 Å². The van der Waals surface area contributed by atoms with Gasteiger partial charge in [-0.05, 0) is 12.3 Å². The van der Waals surface area contributed by atoms with E-state index in [1.165, 1.54) is 0 Å². The quantitative estimate of drug-likeness (QED) is 0.542. The fourth-order valence-electron chi connectivity index (χ4n) is 1.06. The molecule has 0 fully saturated rings. The van der Waals surface area contributed by atoms with E-state index in [0.29, 0.717) is 6.54 Å². The Morgan fingerprint density at radius 3 is 2.31 bits per heavy atom. The molecule has 16 heavy (non-hydrogen) atoms. The highest BCUT2D eigenvalue weighted by atomic mass is 32.2. The summed E-state index contributed by atoms with van der Waals surface area (Å²) >= 11 is 0. The second kappa shape index (κ2) is 6.82. The van der Waals surface area contributed by atoms with E-state index in [9.17, 15) is 13.2 Å². The van der Waals surface area contributed by atoms with Crippen LogP contribution in [0.5, 0.6) is 0 Å². The van der Waals surface area contributed by atoms with E-state index in [1.807, 2.05) is 6.92 Å². The first-order chi connectivity index (χ1) is 7.30. The lowest BCUT2D eigenvalue weighted by atomic mass is 10.1. The van der Waals surface area contributed by atoms with Crippen LogP contribution in [0.15, 0.2) is 0 Å². The predicted octanol–water partition coefficient (Wildman–Crippen LogP) is 0.320. The third-order valence-electron chi connectivity index (χ3n) is 2.04. The molecular formula is C9H20N2O4S. The molecule has 96 valence electrons. The van der Waals surface area contributed by atoms with Gasteiger partial charge in [0.15, 0.2) is 0 Å². The summed E-state index contributed by atoms with van der Waals surface area (Å²) in [6, 6.07) is -1.10. The Hall–Kier alpha value is -0.660. The second-order valence-corrected chi connectivity index (χ2v) is 5.46. The normalized spacial score (nSPS) is 14.0. The van der Waals surface area contributed by atoms with Crippen LogP contribution in [0.25, 0.3) is 0 Å². The van der Waals surface area contributed by atoms with Gasteiger partial charge in [0, 0.05) is 6.54 Å². The molecule has 7 heteroatoms. The molecule has 0 rings (SSSR count). The number of aliphatic carboxylic acids is 1. The van der Waals surface area contributed by atoms with Gasteiger partial charge in [-0.25, -0.2) is 4.72 Å². The van der Waals surface area contributed by atoms with E-state index < -0.39 is 22.2 Å². The molecule has 6 nitrogen and oxygen atoms in total. The van der Waals surface area contributed by atoms with E-state index in [-0.39, 0.29) is 5.92 Å². The summed E-state index contributed by atoms with van der Waals surface area (Å²) in [4.78, 5) is 10.8. The van der Waals surface area contributed by atoms with Crippen molar-refractivity contribution in [1.82, 2.24) is 9.44 Å². The number of hydrogen-bond acceptors (Lipinski definition) is 3. The van der Waals surface area contributed by atoms with Crippen LogP contribution in [0.4, 0.5) is 0 Å². The van der Waals surface area contributed by atoms with Gasteiger partial charge in [-0.2, -0.15) is 13.1 Å². The summed E-state index contributed by atoms with van der Waals surface area (Å²) in [5, 5.41) is 8.82. The standard InChI is InChI=1S/C9H20N2O4S/c1-4-5-6-10-16(14,15)11-8(7(2)3)9(12)13/h7-8,10-11H,4-6H2,1-3H3,(H,12,13)/t8-/m0/s1. The van der Waals surface area contributed by atoms with Gasteiger partial charge >= 0.3 is 5.97 Å². The molecule has 0 unspecified atom stereocenters. The van der Waals surface area contributed by atoms with E-state index >= 15 is 0 Å². The monoisotopic (exact) mass is 252 g/mol. The van der Waals surface area contributed by atoms with Crippen molar-refractivity contribution in [3.05, 3.63) is 0 Å². The minimum atomic E-state index is -3.72. The van der Waals surface area contributed by atoms with Crippen LogP contribution < -0.4 is 9.44 Å². The van der Waals surface area contributed by atoms with Gasteiger partial charge in [0.2, 0.25) is 0 Å². The molecule has 0 bridgehead atoms. The lowest BCUT2D eigenvalue weighted by Crippen LogP contribution is -2.49. The van der Waals surface area contributed by atoms with Gasteiger partial charge in [-0.3, -0.25) is 4.79 Å². The number of carboxylic acids is 1. The SMILES string of the molecule is CCCCNS(=O)(=O)N[C@H](C(=O)O)C(C)C. The molecule has 0 saturated heterocycles. The van der Waals surface area contributed by atoms with Gasteiger partial charge < -0.3 is 5.11 Å². The Morgan fingerprint density at radius 1 is 1.38 bits per heavy atom. The van der Waals surface area contributed by atoms with E-state index in [4.69, 9.17) is 5.11 Å². The Morgan fingerprint density at radius 2 is 1.94 bits per heavy atom. The third kappa shape index (κ3) is 6.04. The fraction of sp³-hybridized carbons (Fsp3) is 0.889. The van der Waals surface area contributed by atoms with E-state index in [0.717, 1.165) is 12.8 Å². The van der Waals surface area contributed by atoms with Crippen LogP contribution in [0.1, 0.15) is 33.6 Å². The summed E-state index contributed by atoms with van der Waals surface area (Å²) in [5.74, 6) is -1.48. The van der Waals surface area contributed by atoms with Crippen LogP contribution in [-0.2, 0) is 15.0 Å². The van der Waals surface area contributed by atoms with Crippen LogP contribution in [0, 0.1) is 5.92 Å². The minimum absolute atomic E-state index is 0.305. The lowest BCUT2D eigenvalue weighted by Gasteiger charge is -2.18. The molecular weight excluding hydrogens is 232 g/mol. The van der Waals surface area contributed by atoms with Crippen molar-refractivity contribution >= 4 is 16.2 Å². The van der Waals surface area contributed by atoms with Gasteiger partial charge in [0.1, 0.15) is 6.04 Å². The van der Waals surface area contributed by atoms with E-state index in [1.54, 1.807) is 13.8 Å². The van der Waals surface area contributed by atoms with Gasteiger partial charge in [0.05, 0.1) is 0 Å². The maximum Gasteiger partial charge on any atom is 0.322 e. The van der Waals surface area contributed by atoms with Crippen LogP contribution in [0.3, 0.4) is 0 Å². The number of carboxylic acid groups (broad SMARTS) is 1. The van der Waals surface area contributed by atoms with Gasteiger partial charge in [0.25, 0.3) is 10.2 Å². The van der Waals surface area contributed by atoms with Crippen molar-refractivity contribution in [2.24, 2.45) is 5.92 Å². The molecule has 0 saturated carbocycles. The Balaban J connectivity index is 4.37. The number of unbranched alkanes of at least 4 members (excludes halogenated alkanes) is 1. The highest BCUT2D eigenvalue weighted by molar-refractivity contribution is 7.87. The number of nitrogens with one attached hydrogen (secondary N) is 2. The van der Waals surface area contributed by atoms with Gasteiger partial charge in [-0.15, -0.1) is 0 Å². The molecule has 0 heterocycles. The maximum atomic E-state index is 11.4. The van der Waals surface area contributed by atoms with Crippen LogP contribution in [0.2, 0.25) is 0 Å². The Kier molecular flexibility index (Phi) is 6.54. The average Bonchev–Trinajstić information content (AvgIpc) is 2.13. The number of hydrogen-bond donors (Lipinski definition) is 3. The molecule has 1 atom stereocenters. The first kappa shape index (κ1) is 15.3. The molecule has 0 aromatic heterocycles. The van der Waals surface area contributed by atoms with Crippen LogP contribution in [-0.4, -0.2) is 32.1 Å². The third-order valence-corrected chi connectivity index (χ3v) is 3.19. The number of rotatable bonds is 8. The van der Waals surface area contributed by atoms with Gasteiger partial charge in [-0.1, -0.05) is 27.2 Å².